The Balaban J connectivity index is 1.79. The van der Waals surface area contributed by atoms with Gasteiger partial charge in [0, 0.05) is 23.8 Å². The molecular formula is C18H17N3OS. The Bertz CT molecular complexity index is 853. The van der Waals surface area contributed by atoms with Crippen LogP contribution in [0.25, 0.3) is 12.2 Å². The van der Waals surface area contributed by atoms with Crippen molar-refractivity contribution in [1.82, 2.24) is 14.3 Å². The molecule has 0 unspecified atom stereocenters. The van der Waals surface area contributed by atoms with Crippen molar-refractivity contribution in [2.24, 2.45) is 0 Å². The molecule has 0 aliphatic heterocycles. The molecule has 0 saturated carbocycles. The molecule has 3 aromatic rings. The Morgan fingerprint density at radius 2 is 2.13 bits per heavy atom. The summed E-state index contributed by atoms with van der Waals surface area (Å²) in [5.41, 5.74) is 2.35. The van der Waals surface area contributed by atoms with Crippen LogP contribution >= 0.6 is 11.3 Å². The number of hydrogen-bond donors (Lipinski definition) is 0. The quantitative estimate of drug-likeness (QED) is 0.661. The zero-order chi connectivity index (χ0) is 16.2. The summed E-state index contributed by atoms with van der Waals surface area (Å²) in [6, 6.07) is 9.52. The summed E-state index contributed by atoms with van der Waals surface area (Å²) in [7, 11) is 0. The van der Waals surface area contributed by atoms with Gasteiger partial charge in [-0.15, -0.1) is 11.3 Å². The first kappa shape index (κ1) is 15.2. The molecule has 0 aliphatic carbocycles. The SMILES string of the molecule is C=C(C)Cn1cccc1C(=O)n1ccc(C=Cc2cccs2)n1. The first-order valence-electron chi connectivity index (χ1n) is 7.25. The molecule has 116 valence electrons. The van der Waals surface area contributed by atoms with Crippen molar-refractivity contribution in [1.29, 1.82) is 0 Å². The molecule has 0 saturated heterocycles. The summed E-state index contributed by atoms with van der Waals surface area (Å²) in [4.78, 5) is 13.7. The lowest BCUT2D eigenvalue weighted by atomic mass is 10.3. The van der Waals surface area contributed by atoms with Crippen molar-refractivity contribution >= 4 is 29.4 Å². The van der Waals surface area contributed by atoms with Crippen LogP contribution in [-0.4, -0.2) is 20.3 Å². The molecule has 0 spiro atoms. The molecule has 3 aromatic heterocycles. The van der Waals surface area contributed by atoms with Gasteiger partial charge in [-0.2, -0.15) is 5.10 Å². The topological polar surface area (TPSA) is 39.8 Å². The monoisotopic (exact) mass is 323 g/mol. The zero-order valence-electron chi connectivity index (χ0n) is 12.8. The van der Waals surface area contributed by atoms with Crippen molar-refractivity contribution in [3.8, 4) is 0 Å². The average molecular weight is 323 g/mol. The van der Waals surface area contributed by atoms with Crippen LogP contribution in [0.4, 0.5) is 0 Å². The summed E-state index contributed by atoms with van der Waals surface area (Å²) in [5, 5.41) is 6.36. The van der Waals surface area contributed by atoms with Crippen LogP contribution in [0.2, 0.25) is 0 Å². The second-order valence-electron chi connectivity index (χ2n) is 5.32. The van der Waals surface area contributed by atoms with E-state index in [0.717, 1.165) is 16.1 Å². The number of thiophene rings is 1. The predicted molar refractivity (Wildman–Crippen MR) is 94.4 cm³/mol. The fourth-order valence-corrected chi connectivity index (χ4v) is 2.87. The van der Waals surface area contributed by atoms with E-state index in [-0.39, 0.29) is 5.91 Å². The lowest BCUT2D eigenvalue weighted by Crippen LogP contribution is -2.17. The Morgan fingerprint density at radius 3 is 2.87 bits per heavy atom. The maximum atomic E-state index is 12.6. The van der Waals surface area contributed by atoms with E-state index in [1.165, 1.54) is 4.68 Å². The smallest absolute Gasteiger partial charge is 0.294 e. The molecule has 0 bridgehead atoms. The number of hydrogen-bond acceptors (Lipinski definition) is 3. The Hall–Kier alpha value is -2.66. The second-order valence-corrected chi connectivity index (χ2v) is 6.30. The third-order valence-electron chi connectivity index (χ3n) is 3.27. The van der Waals surface area contributed by atoms with E-state index in [2.05, 4.69) is 11.7 Å². The van der Waals surface area contributed by atoms with Gasteiger partial charge in [-0.05, 0) is 48.7 Å². The molecule has 0 aliphatic rings. The minimum absolute atomic E-state index is 0.146. The van der Waals surface area contributed by atoms with Gasteiger partial charge in [0.1, 0.15) is 5.69 Å². The van der Waals surface area contributed by atoms with Crippen LogP contribution < -0.4 is 0 Å². The van der Waals surface area contributed by atoms with E-state index < -0.39 is 0 Å². The molecule has 0 atom stereocenters. The van der Waals surface area contributed by atoms with Crippen LogP contribution in [0.1, 0.15) is 28.0 Å². The van der Waals surface area contributed by atoms with Gasteiger partial charge in [0.15, 0.2) is 0 Å². The van der Waals surface area contributed by atoms with Gasteiger partial charge >= 0.3 is 0 Å². The minimum Gasteiger partial charge on any atom is -0.339 e. The van der Waals surface area contributed by atoms with E-state index in [1.807, 2.05) is 59.5 Å². The van der Waals surface area contributed by atoms with E-state index in [1.54, 1.807) is 23.6 Å². The van der Waals surface area contributed by atoms with Crippen LogP contribution in [0.3, 0.4) is 0 Å². The third-order valence-corrected chi connectivity index (χ3v) is 4.11. The number of nitrogens with zero attached hydrogens (tertiary/aromatic N) is 3. The molecule has 5 heteroatoms. The van der Waals surface area contributed by atoms with Crippen LogP contribution in [0.15, 0.2) is 60.3 Å². The van der Waals surface area contributed by atoms with Gasteiger partial charge in [-0.25, -0.2) is 4.68 Å². The molecule has 0 aromatic carbocycles. The van der Waals surface area contributed by atoms with Gasteiger partial charge in [-0.3, -0.25) is 4.79 Å². The van der Waals surface area contributed by atoms with Crippen LogP contribution in [0, 0.1) is 0 Å². The molecule has 0 fully saturated rings. The number of carbonyl (C=O) groups is 1. The number of carbonyl (C=O) groups excluding carboxylic acids is 1. The van der Waals surface area contributed by atoms with Gasteiger partial charge < -0.3 is 4.57 Å². The highest BCUT2D eigenvalue weighted by atomic mass is 32.1. The summed E-state index contributed by atoms with van der Waals surface area (Å²) in [6.45, 7) is 6.46. The molecule has 3 rings (SSSR count). The van der Waals surface area contributed by atoms with Gasteiger partial charge in [0.25, 0.3) is 5.91 Å². The Morgan fingerprint density at radius 1 is 1.26 bits per heavy atom. The van der Waals surface area contributed by atoms with E-state index in [9.17, 15) is 4.79 Å². The lowest BCUT2D eigenvalue weighted by Gasteiger charge is -2.07. The molecular weight excluding hydrogens is 306 g/mol. The van der Waals surface area contributed by atoms with Crippen LogP contribution in [-0.2, 0) is 6.54 Å². The van der Waals surface area contributed by atoms with Gasteiger partial charge in [0.05, 0.1) is 5.69 Å². The first-order chi connectivity index (χ1) is 11.1. The van der Waals surface area contributed by atoms with Crippen molar-refractivity contribution in [3.05, 3.63) is 76.5 Å². The minimum atomic E-state index is -0.146. The van der Waals surface area contributed by atoms with Crippen molar-refractivity contribution in [3.63, 3.8) is 0 Å². The van der Waals surface area contributed by atoms with Crippen molar-refractivity contribution in [2.75, 3.05) is 0 Å². The first-order valence-corrected chi connectivity index (χ1v) is 8.13. The second kappa shape index (κ2) is 6.62. The molecule has 0 amide bonds. The van der Waals surface area contributed by atoms with Crippen molar-refractivity contribution in [2.45, 2.75) is 13.5 Å². The standard InChI is InChI=1S/C18H17N3OS/c1-14(2)13-20-10-3-6-17(20)18(22)21-11-9-15(19-21)7-8-16-5-4-12-23-16/h3-12H,1,13H2,2H3. The highest BCUT2D eigenvalue weighted by Gasteiger charge is 2.14. The predicted octanol–water partition coefficient (Wildman–Crippen LogP) is 4.18. The van der Waals surface area contributed by atoms with E-state index in [0.29, 0.717) is 12.2 Å². The zero-order valence-corrected chi connectivity index (χ0v) is 13.7. The van der Waals surface area contributed by atoms with Crippen LogP contribution in [0.5, 0.6) is 0 Å². The van der Waals surface area contributed by atoms with Gasteiger partial charge in [-0.1, -0.05) is 18.2 Å². The summed E-state index contributed by atoms with van der Waals surface area (Å²) < 4.78 is 3.26. The Labute approximate surface area is 139 Å². The summed E-state index contributed by atoms with van der Waals surface area (Å²) in [5.74, 6) is -0.146. The fourth-order valence-electron chi connectivity index (χ4n) is 2.25. The highest BCUT2D eigenvalue weighted by Crippen LogP contribution is 2.13. The van der Waals surface area contributed by atoms with E-state index >= 15 is 0 Å². The van der Waals surface area contributed by atoms with Gasteiger partial charge in [0.2, 0.25) is 0 Å². The largest absolute Gasteiger partial charge is 0.339 e. The summed E-state index contributed by atoms with van der Waals surface area (Å²) in [6.07, 6.45) is 7.46. The Kier molecular flexibility index (Phi) is 4.39. The maximum absolute atomic E-state index is 12.6. The molecule has 0 N–H and O–H groups in total. The molecule has 0 radical (unpaired) electrons. The van der Waals surface area contributed by atoms with E-state index in [4.69, 9.17) is 0 Å². The average Bonchev–Trinajstić information content (AvgIpc) is 3.25. The lowest BCUT2D eigenvalue weighted by molar-refractivity contribution is 0.0936. The highest BCUT2D eigenvalue weighted by molar-refractivity contribution is 7.10. The molecule has 23 heavy (non-hydrogen) atoms. The number of allylic oxidation sites excluding steroid dienone is 1. The number of rotatable bonds is 5. The summed E-state index contributed by atoms with van der Waals surface area (Å²) >= 11 is 1.66. The molecule has 4 nitrogen and oxygen atoms in total. The number of aromatic nitrogens is 3. The fraction of sp³-hybridized carbons (Fsp3) is 0.111. The van der Waals surface area contributed by atoms with Crippen molar-refractivity contribution < 1.29 is 4.79 Å². The molecule has 3 heterocycles. The third kappa shape index (κ3) is 3.57. The maximum Gasteiger partial charge on any atom is 0.294 e. The normalized spacial score (nSPS) is 11.2.